The zero-order chi connectivity index (χ0) is 9.40. The summed E-state index contributed by atoms with van der Waals surface area (Å²) in [5.41, 5.74) is 1.12. The van der Waals surface area contributed by atoms with Crippen molar-refractivity contribution in [2.24, 2.45) is 0 Å². The Hall–Kier alpha value is -0.560. The average molecular weight is 167 g/mol. The minimum atomic E-state index is 0.977. The first-order valence-electron chi connectivity index (χ1n) is 4.77. The van der Waals surface area contributed by atoms with Crippen LogP contribution in [0, 0.1) is 0 Å². The highest BCUT2D eigenvalue weighted by Gasteiger charge is 2.01. The van der Waals surface area contributed by atoms with Crippen molar-refractivity contribution < 1.29 is 0 Å². The first-order valence-corrected chi connectivity index (χ1v) is 4.77. The van der Waals surface area contributed by atoms with Crippen molar-refractivity contribution in [3.8, 4) is 0 Å². The molecule has 0 saturated carbocycles. The number of hydrogen-bond acceptors (Lipinski definition) is 1. The normalized spacial score (nSPS) is 10.2. The van der Waals surface area contributed by atoms with Gasteiger partial charge in [0.25, 0.3) is 0 Å². The first kappa shape index (κ1) is 11.4. The van der Waals surface area contributed by atoms with Gasteiger partial charge in [-0.1, -0.05) is 33.1 Å². The lowest BCUT2D eigenvalue weighted by atomic mass is 10.2. The molecule has 1 nitrogen and oxygen atoms in total. The predicted molar refractivity (Wildman–Crippen MR) is 56.4 cm³/mol. The van der Waals surface area contributed by atoms with Crippen molar-refractivity contribution in [1.82, 2.24) is 4.90 Å². The summed E-state index contributed by atoms with van der Waals surface area (Å²) in [6.07, 6.45) is 4.27. The predicted octanol–water partition coefficient (Wildman–Crippen LogP) is 2.85. The molecular weight excluding hydrogens is 146 g/mol. The fourth-order valence-electron chi connectivity index (χ4n) is 1.25. The quantitative estimate of drug-likeness (QED) is 0.527. The summed E-state index contributed by atoms with van der Waals surface area (Å²) in [6, 6.07) is 0. The van der Waals surface area contributed by atoms with Crippen molar-refractivity contribution in [3.05, 3.63) is 24.8 Å². The molecule has 70 valence electrons. The fourth-order valence-corrected chi connectivity index (χ4v) is 1.25. The summed E-state index contributed by atoms with van der Waals surface area (Å²) in [5.74, 6) is 0. The topological polar surface area (TPSA) is 3.24 Å². The third-order valence-corrected chi connectivity index (χ3v) is 1.80. The van der Waals surface area contributed by atoms with Gasteiger partial charge in [0.2, 0.25) is 0 Å². The maximum absolute atomic E-state index is 3.92. The lowest BCUT2D eigenvalue weighted by Gasteiger charge is -2.20. The van der Waals surface area contributed by atoms with E-state index in [0.29, 0.717) is 0 Å². The van der Waals surface area contributed by atoms with Gasteiger partial charge in [0.15, 0.2) is 0 Å². The molecule has 0 heterocycles. The number of hydrogen-bond donors (Lipinski definition) is 0. The highest BCUT2D eigenvalue weighted by atomic mass is 15.1. The fraction of sp³-hybridized carbons (Fsp3) is 0.636. The van der Waals surface area contributed by atoms with Crippen LogP contribution in [-0.4, -0.2) is 24.5 Å². The van der Waals surface area contributed by atoms with E-state index in [1.807, 2.05) is 6.08 Å². The Morgan fingerprint density at radius 1 is 1.25 bits per heavy atom. The smallest absolute Gasteiger partial charge is 0.0227 e. The van der Waals surface area contributed by atoms with Crippen molar-refractivity contribution in [3.63, 3.8) is 0 Å². The summed E-state index contributed by atoms with van der Waals surface area (Å²) in [7, 11) is 0. The Labute approximate surface area is 76.8 Å². The van der Waals surface area contributed by atoms with Crippen LogP contribution in [0.3, 0.4) is 0 Å². The minimum Gasteiger partial charge on any atom is -0.299 e. The standard InChI is InChI=1S/C11H21N/c1-5-8-12(9-6-2)10-11(4)7-3/h7H,3-6,8-10H2,1-2H3. The third-order valence-electron chi connectivity index (χ3n) is 1.80. The molecule has 0 radical (unpaired) electrons. The molecule has 0 aliphatic heterocycles. The Kier molecular flexibility index (Phi) is 6.78. The lowest BCUT2D eigenvalue weighted by molar-refractivity contribution is 0.299. The van der Waals surface area contributed by atoms with Gasteiger partial charge in [-0.3, -0.25) is 4.90 Å². The van der Waals surface area contributed by atoms with Crippen LogP contribution in [-0.2, 0) is 0 Å². The molecule has 0 aliphatic rings. The molecule has 0 aromatic carbocycles. The molecule has 12 heavy (non-hydrogen) atoms. The van der Waals surface area contributed by atoms with Crippen LogP contribution in [0.1, 0.15) is 26.7 Å². The van der Waals surface area contributed by atoms with Crippen LogP contribution >= 0.6 is 0 Å². The van der Waals surface area contributed by atoms with E-state index in [1.54, 1.807) is 0 Å². The monoisotopic (exact) mass is 167 g/mol. The van der Waals surface area contributed by atoms with Crippen LogP contribution in [0.2, 0.25) is 0 Å². The van der Waals surface area contributed by atoms with Gasteiger partial charge >= 0.3 is 0 Å². The second kappa shape index (κ2) is 7.11. The number of nitrogens with zero attached hydrogens (tertiary/aromatic N) is 1. The van der Waals surface area contributed by atoms with E-state index in [4.69, 9.17) is 0 Å². The van der Waals surface area contributed by atoms with Crippen LogP contribution in [0.15, 0.2) is 24.8 Å². The second-order valence-electron chi connectivity index (χ2n) is 3.14. The van der Waals surface area contributed by atoms with Crippen molar-refractivity contribution in [1.29, 1.82) is 0 Å². The lowest BCUT2D eigenvalue weighted by Crippen LogP contribution is -2.27. The van der Waals surface area contributed by atoms with E-state index < -0.39 is 0 Å². The molecule has 0 saturated heterocycles. The van der Waals surface area contributed by atoms with Crippen molar-refractivity contribution in [2.75, 3.05) is 19.6 Å². The maximum Gasteiger partial charge on any atom is 0.0227 e. The van der Waals surface area contributed by atoms with Gasteiger partial charge in [-0.2, -0.15) is 0 Å². The zero-order valence-electron chi connectivity index (χ0n) is 8.47. The summed E-state index contributed by atoms with van der Waals surface area (Å²) in [4.78, 5) is 2.42. The summed E-state index contributed by atoms with van der Waals surface area (Å²) < 4.78 is 0. The maximum atomic E-state index is 3.92. The van der Waals surface area contributed by atoms with E-state index >= 15 is 0 Å². The molecule has 0 aromatic rings. The van der Waals surface area contributed by atoms with Gasteiger partial charge in [0, 0.05) is 6.54 Å². The average Bonchev–Trinajstić information content (AvgIpc) is 2.05. The van der Waals surface area contributed by atoms with Crippen LogP contribution in [0.25, 0.3) is 0 Å². The van der Waals surface area contributed by atoms with Gasteiger partial charge in [-0.15, -0.1) is 0 Å². The van der Waals surface area contributed by atoms with E-state index in [2.05, 4.69) is 31.9 Å². The highest BCUT2D eigenvalue weighted by molar-refractivity contribution is 5.12. The summed E-state index contributed by atoms with van der Waals surface area (Å²) >= 11 is 0. The van der Waals surface area contributed by atoms with E-state index in [-0.39, 0.29) is 0 Å². The molecule has 0 spiro atoms. The summed E-state index contributed by atoms with van der Waals surface area (Å²) in [6.45, 7) is 15.4. The highest BCUT2D eigenvalue weighted by Crippen LogP contribution is 2.00. The molecule has 0 aromatic heterocycles. The Balaban J connectivity index is 3.76. The molecule has 0 atom stereocenters. The Morgan fingerprint density at radius 2 is 1.75 bits per heavy atom. The van der Waals surface area contributed by atoms with Gasteiger partial charge in [-0.05, 0) is 31.5 Å². The van der Waals surface area contributed by atoms with Gasteiger partial charge in [-0.25, -0.2) is 0 Å². The van der Waals surface area contributed by atoms with Crippen LogP contribution in [0.5, 0.6) is 0 Å². The first-order chi connectivity index (χ1) is 5.74. The van der Waals surface area contributed by atoms with E-state index in [0.717, 1.165) is 12.1 Å². The second-order valence-corrected chi connectivity index (χ2v) is 3.14. The molecule has 0 unspecified atom stereocenters. The molecule has 0 bridgehead atoms. The largest absolute Gasteiger partial charge is 0.299 e. The van der Waals surface area contributed by atoms with E-state index in [9.17, 15) is 0 Å². The SMILES string of the molecule is C=CC(=C)CN(CCC)CCC. The van der Waals surface area contributed by atoms with Gasteiger partial charge in [0.05, 0.1) is 0 Å². The zero-order valence-corrected chi connectivity index (χ0v) is 8.47. The molecular formula is C11H21N. The molecule has 0 aliphatic carbocycles. The van der Waals surface area contributed by atoms with Crippen molar-refractivity contribution >= 4 is 0 Å². The molecule has 0 fully saturated rings. The molecule has 0 amide bonds. The molecule has 0 N–H and O–H groups in total. The third kappa shape index (κ3) is 5.14. The Morgan fingerprint density at radius 3 is 2.08 bits per heavy atom. The van der Waals surface area contributed by atoms with Gasteiger partial charge in [0.1, 0.15) is 0 Å². The van der Waals surface area contributed by atoms with Crippen LogP contribution < -0.4 is 0 Å². The van der Waals surface area contributed by atoms with Crippen LogP contribution in [0.4, 0.5) is 0 Å². The minimum absolute atomic E-state index is 0.977. The Bertz CT molecular complexity index is 132. The number of rotatable bonds is 7. The van der Waals surface area contributed by atoms with Crippen molar-refractivity contribution in [2.45, 2.75) is 26.7 Å². The molecule has 1 heteroatoms. The van der Waals surface area contributed by atoms with E-state index in [1.165, 1.54) is 25.9 Å². The summed E-state index contributed by atoms with van der Waals surface area (Å²) in [5, 5.41) is 0. The molecule has 0 rings (SSSR count). The van der Waals surface area contributed by atoms with Gasteiger partial charge < -0.3 is 0 Å².